The molecular weight excluding hydrogens is 224 g/mol. The van der Waals surface area contributed by atoms with Crippen molar-refractivity contribution in [2.75, 3.05) is 13.7 Å². The van der Waals surface area contributed by atoms with Gasteiger partial charge in [-0.25, -0.2) is 0 Å². The fraction of sp³-hybridized carbons (Fsp3) is 0.533. The molecule has 1 aliphatic carbocycles. The van der Waals surface area contributed by atoms with Crippen LogP contribution in [0.2, 0.25) is 0 Å². The highest BCUT2D eigenvalue weighted by Gasteiger charge is 2.43. The van der Waals surface area contributed by atoms with Crippen LogP contribution in [0.5, 0.6) is 5.75 Å². The summed E-state index contributed by atoms with van der Waals surface area (Å²) in [5, 5.41) is 12.0. The smallest absolute Gasteiger partial charge is 0.119 e. The van der Waals surface area contributed by atoms with Gasteiger partial charge in [-0.1, -0.05) is 12.1 Å². The van der Waals surface area contributed by atoms with Crippen molar-refractivity contribution in [3.63, 3.8) is 0 Å². The minimum Gasteiger partial charge on any atom is -0.493 e. The van der Waals surface area contributed by atoms with Gasteiger partial charge in [0.05, 0.1) is 12.7 Å². The van der Waals surface area contributed by atoms with Crippen LogP contribution in [0.15, 0.2) is 24.3 Å². The van der Waals surface area contributed by atoms with Crippen molar-refractivity contribution in [2.24, 2.45) is 5.41 Å². The molecule has 2 rings (SSSR count). The van der Waals surface area contributed by atoms with Crippen LogP contribution in [0.1, 0.15) is 37.8 Å². The van der Waals surface area contributed by atoms with Gasteiger partial charge in [0.15, 0.2) is 0 Å². The molecule has 0 bridgehead atoms. The Hall–Kier alpha value is -1.53. The Bertz CT molecular complexity index is 429. The Morgan fingerprint density at radius 1 is 1.39 bits per heavy atom. The lowest BCUT2D eigenvalue weighted by Gasteiger charge is -2.14. The van der Waals surface area contributed by atoms with Gasteiger partial charge in [-0.05, 0) is 44.5 Å². The van der Waals surface area contributed by atoms with E-state index in [9.17, 15) is 0 Å². The van der Waals surface area contributed by atoms with Crippen molar-refractivity contribution >= 4 is 0 Å². The van der Waals surface area contributed by atoms with Crippen LogP contribution in [0.3, 0.4) is 0 Å². The molecule has 0 aromatic heterocycles. The lowest BCUT2D eigenvalue weighted by atomic mass is 10.1. The van der Waals surface area contributed by atoms with E-state index in [1.165, 1.54) is 5.56 Å². The fourth-order valence-electron chi connectivity index (χ4n) is 1.97. The van der Waals surface area contributed by atoms with Crippen molar-refractivity contribution < 1.29 is 4.74 Å². The van der Waals surface area contributed by atoms with E-state index in [0.29, 0.717) is 19.1 Å². The van der Waals surface area contributed by atoms with Gasteiger partial charge in [0.2, 0.25) is 0 Å². The van der Waals surface area contributed by atoms with E-state index >= 15 is 0 Å². The molecular formula is C15H20N2O. The first-order chi connectivity index (χ1) is 8.69. The van der Waals surface area contributed by atoms with E-state index < -0.39 is 0 Å². The standard InChI is InChI=1S/C15H20N2O/c1-12(17-2)13-3-5-14(6-4-13)18-11-15(7-8-15)9-10-16/h3-6,12,17H,7-9,11H2,1-2H3. The first-order valence-electron chi connectivity index (χ1n) is 6.46. The summed E-state index contributed by atoms with van der Waals surface area (Å²) in [5.74, 6) is 0.895. The summed E-state index contributed by atoms with van der Waals surface area (Å²) in [6, 6.07) is 10.8. The molecule has 1 aliphatic rings. The highest BCUT2D eigenvalue weighted by molar-refractivity contribution is 5.29. The van der Waals surface area contributed by atoms with Gasteiger partial charge >= 0.3 is 0 Å². The quantitative estimate of drug-likeness (QED) is 0.836. The molecule has 0 amide bonds. The number of nitrogens with zero attached hydrogens (tertiary/aromatic N) is 1. The third kappa shape index (κ3) is 3.02. The van der Waals surface area contributed by atoms with Crippen molar-refractivity contribution in [2.45, 2.75) is 32.2 Å². The van der Waals surface area contributed by atoms with Crippen molar-refractivity contribution in [3.05, 3.63) is 29.8 Å². The molecule has 0 saturated heterocycles. The molecule has 1 aromatic rings. The fourth-order valence-corrected chi connectivity index (χ4v) is 1.97. The van der Waals surface area contributed by atoms with Crippen molar-refractivity contribution in [3.8, 4) is 11.8 Å². The molecule has 18 heavy (non-hydrogen) atoms. The molecule has 1 atom stereocenters. The maximum Gasteiger partial charge on any atom is 0.119 e. The van der Waals surface area contributed by atoms with Crippen molar-refractivity contribution in [1.29, 1.82) is 5.26 Å². The highest BCUT2D eigenvalue weighted by atomic mass is 16.5. The van der Waals surface area contributed by atoms with Gasteiger partial charge in [-0.15, -0.1) is 0 Å². The number of benzene rings is 1. The summed E-state index contributed by atoms with van der Waals surface area (Å²) in [6.07, 6.45) is 2.85. The number of hydrogen-bond acceptors (Lipinski definition) is 3. The van der Waals surface area contributed by atoms with E-state index in [-0.39, 0.29) is 5.41 Å². The van der Waals surface area contributed by atoms with Gasteiger partial charge < -0.3 is 10.1 Å². The largest absolute Gasteiger partial charge is 0.493 e. The average molecular weight is 244 g/mol. The summed E-state index contributed by atoms with van der Waals surface area (Å²) in [4.78, 5) is 0. The third-order valence-corrected chi connectivity index (χ3v) is 3.77. The van der Waals surface area contributed by atoms with Crippen molar-refractivity contribution in [1.82, 2.24) is 5.32 Å². The Balaban J connectivity index is 1.89. The summed E-state index contributed by atoms with van der Waals surface area (Å²) < 4.78 is 5.78. The number of ether oxygens (including phenoxy) is 1. The Morgan fingerprint density at radius 2 is 2.06 bits per heavy atom. The second-order valence-corrected chi connectivity index (χ2v) is 5.20. The van der Waals surface area contributed by atoms with E-state index in [1.54, 1.807) is 0 Å². The molecule has 1 saturated carbocycles. The van der Waals surface area contributed by atoms with Gasteiger partial charge in [0.25, 0.3) is 0 Å². The maximum absolute atomic E-state index is 8.75. The van der Waals surface area contributed by atoms with Crippen LogP contribution in [-0.4, -0.2) is 13.7 Å². The SMILES string of the molecule is CNC(C)c1ccc(OCC2(CC#N)CC2)cc1. The highest BCUT2D eigenvalue weighted by Crippen LogP contribution is 2.48. The Kier molecular flexibility index (Phi) is 3.88. The van der Waals surface area contributed by atoms with Gasteiger partial charge in [0, 0.05) is 17.9 Å². The zero-order chi connectivity index (χ0) is 13.0. The second kappa shape index (κ2) is 5.41. The normalized spacial score (nSPS) is 17.8. The molecule has 1 fully saturated rings. The zero-order valence-corrected chi connectivity index (χ0v) is 11.1. The topological polar surface area (TPSA) is 45.0 Å². The zero-order valence-electron chi connectivity index (χ0n) is 11.1. The van der Waals surface area contributed by atoms with Crippen LogP contribution < -0.4 is 10.1 Å². The molecule has 3 nitrogen and oxygen atoms in total. The molecule has 0 spiro atoms. The molecule has 1 N–H and O–H groups in total. The maximum atomic E-state index is 8.75. The van der Waals surface area contributed by atoms with Gasteiger partial charge in [0.1, 0.15) is 5.75 Å². The van der Waals surface area contributed by atoms with Crippen LogP contribution in [0.4, 0.5) is 0 Å². The molecule has 1 unspecified atom stereocenters. The van der Waals surface area contributed by atoms with Crippen LogP contribution in [0, 0.1) is 16.7 Å². The Labute approximate surface area is 109 Å². The molecule has 3 heteroatoms. The van der Waals surface area contributed by atoms with E-state index in [1.807, 2.05) is 19.2 Å². The predicted molar refractivity (Wildman–Crippen MR) is 71.3 cm³/mol. The summed E-state index contributed by atoms with van der Waals surface area (Å²) >= 11 is 0. The summed E-state index contributed by atoms with van der Waals surface area (Å²) in [6.45, 7) is 2.80. The lowest BCUT2D eigenvalue weighted by Crippen LogP contribution is -2.13. The predicted octanol–water partition coefficient (Wildman–Crippen LogP) is 3.04. The number of nitrogens with one attached hydrogen (secondary N) is 1. The average Bonchev–Trinajstić information content (AvgIpc) is 3.17. The molecule has 96 valence electrons. The minimum atomic E-state index is 0.145. The lowest BCUT2D eigenvalue weighted by molar-refractivity contribution is 0.237. The van der Waals surface area contributed by atoms with E-state index in [4.69, 9.17) is 10.00 Å². The Morgan fingerprint density at radius 3 is 2.56 bits per heavy atom. The van der Waals surface area contributed by atoms with Gasteiger partial charge in [-0.3, -0.25) is 0 Å². The van der Waals surface area contributed by atoms with E-state index in [0.717, 1.165) is 18.6 Å². The first-order valence-corrected chi connectivity index (χ1v) is 6.46. The number of nitriles is 1. The minimum absolute atomic E-state index is 0.145. The molecule has 0 heterocycles. The molecule has 1 aromatic carbocycles. The third-order valence-electron chi connectivity index (χ3n) is 3.77. The van der Waals surface area contributed by atoms with Crippen LogP contribution in [0.25, 0.3) is 0 Å². The van der Waals surface area contributed by atoms with E-state index in [2.05, 4.69) is 30.4 Å². The second-order valence-electron chi connectivity index (χ2n) is 5.20. The summed E-state index contributed by atoms with van der Waals surface area (Å²) in [7, 11) is 1.95. The monoisotopic (exact) mass is 244 g/mol. The number of rotatable bonds is 6. The van der Waals surface area contributed by atoms with Crippen LogP contribution >= 0.6 is 0 Å². The summed E-state index contributed by atoms with van der Waals surface area (Å²) in [5.41, 5.74) is 1.40. The van der Waals surface area contributed by atoms with Crippen LogP contribution in [-0.2, 0) is 0 Å². The molecule has 0 aliphatic heterocycles. The molecule has 0 radical (unpaired) electrons. The first kappa shape index (κ1) is 12.9. The van der Waals surface area contributed by atoms with Gasteiger partial charge in [-0.2, -0.15) is 5.26 Å². The number of hydrogen-bond donors (Lipinski definition) is 1.